The zero-order valence-corrected chi connectivity index (χ0v) is 16.0. The van der Waals surface area contributed by atoms with Crippen LogP contribution in [0, 0.1) is 3.57 Å². The van der Waals surface area contributed by atoms with Gasteiger partial charge in [-0.2, -0.15) is 0 Å². The maximum absolute atomic E-state index is 12.4. The van der Waals surface area contributed by atoms with Crippen LogP contribution in [-0.2, 0) is 6.42 Å². The number of hydrogen-bond donors (Lipinski definition) is 1. The third-order valence-electron chi connectivity index (χ3n) is 2.88. The Kier molecular flexibility index (Phi) is 5.63. The average molecular weight is 509 g/mol. The molecule has 5 heteroatoms. The molecular weight excluding hydrogens is 497 g/mol. The molecule has 0 heterocycles. The number of anilines is 1. The number of carbonyl (C=O) groups is 1. The molecule has 0 aromatic heterocycles. The molecule has 20 heavy (non-hydrogen) atoms. The van der Waals surface area contributed by atoms with Crippen LogP contribution in [-0.4, -0.2) is 5.91 Å². The van der Waals surface area contributed by atoms with Gasteiger partial charge in [-0.05, 0) is 68.7 Å². The molecule has 0 radical (unpaired) electrons. The summed E-state index contributed by atoms with van der Waals surface area (Å²) in [6, 6.07) is 11.6. The number of para-hydroxylation sites is 1. The molecule has 2 nitrogen and oxygen atoms in total. The summed E-state index contributed by atoms with van der Waals surface area (Å²) in [5.74, 6) is -0.0997. The highest BCUT2D eigenvalue weighted by Crippen LogP contribution is 2.28. The fourth-order valence-electron chi connectivity index (χ4n) is 1.86. The van der Waals surface area contributed by atoms with Gasteiger partial charge in [-0.25, -0.2) is 0 Å². The maximum Gasteiger partial charge on any atom is 0.256 e. The van der Waals surface area contributed by atoms with E-state index < -0.39 is 0 Å². The van der Waals surface area contributed by atoms with Crippen LogP contribution in [0.3, 0.4) is 0 Å². The van der Waals surface area contributed by atoms with Gasteiger partial charge < -0.3 is 5.32 Å². The van der Waals surface area contributed by atoms with Gasteiger partial charge in [0.2, 0.25) is 0 Å². The first-order chi connectivity index (χ1) is 9.52. The van der Waals surface area contributed by atoms with Gasteiger partial charge in [-0.3, -0.25) is 4.79 Å². The van der Waals surface area contributed by atoms with E-state index in [0.29, 0.717) is 5.56 Å². The van der Waals surface area contributed by atoms with E-state index >= 15 is 0 Å². The van der Waals surface area contributed by atoms with Crippen LogP contribution in [0.5, 0.6) is 0 Å². The van der Waals surface area contributed by atoms with Crippen LogP contribution in [0.1, 0.15) is 22.8 Å². The predicted molar refractivity (Wildman–Crippen MR) is 98.3 cm³/mol. The number of halogens is 3. The molecule has 0 fully saturated rings. The first-order valence-corrected chi connectivity index (χ1v) is 8.73. The minimum atomic E-state index is -0.0997. The Hall–Kier alpha value is -0.400. The van der Waals surface area contributed by atoms with Gasteiger partial charge in [0.25, 0.3) is 5.91 Å². The summed E-state index contributed by atoms with van der Waals surface area (Å²) in [6.45, 7) is 2.07. The lowest BCUT2D eigenvalue weighted by atomic mass is 10.1. The van der Waals surface area contributed by atoms with Gasteiger partial charge >= 0.3 is 0 Å². The summed E-state index contributed by atoms with van der Waals surface area (Å²) in [6.07, 6.45) is 0.885. The lowest BCUT2D eigenvalue weighted by Crippen LogP contribution is -2.15. The van der Waals surface area contributed by atoms with E-state index in [1.807, 2.05) is 36.4 Å². The quantitative estimate of drug-likeness (QED) is 0.422. The second-order valence-corrected chi connectivity index (χ2v) is 7.06. The average Bonchev–Trinajstić information content (AvgIpc) is 2.43. The van der Waals surface area contributed by atoms with Gasteiger partial charge in [-0.1, -0.05) is 41.1 Å². The summed E-state index contributed by atoms with van der Waals surface area (Å²) in [7, 11) is 0. The normalized spacial score (nSPS) is 10.4. The van der Waals surface area contributed by atoms with Crippen LogP contribution < -0.4 is 5.32 Å². The van der Waals surface area contributed by atoms with Crippen LogP contribution in [0.25, 0.3) is 0 Å². The summed E-state index contributed by atoms with van der Waals surface area (Å²) >= 11 is 9.05. The summed E-state index contributed by atoms with van der Waals surface area (Å²) in [5.41, 5.74) is 2.65. The fourth-order valence-corrected chi connectivity index (χ4v) is 3.64. The zero-order chi connectivity index (χ0) is 14.7. The highest BCUT2D eigenvalue weighted by atomic mass is 127. The Morgan fingerprint density at radius 3 is 2.65 bits per heavy atom. The molecule has 0 spiro atoms. The number of rotatable bonds is 3. The third-order valence-corrected chi connectivity index (χ3v) is 5.87. The van der Waals surface area contributed by atoms with E-state index in [-0.39, 0.29) is 5.91 Å². The topological polar surface area (TPSA) is 29.1 Å². The zero-order valence-electron chi connectivity index (χ0n) is 10.7. The van der Waals surface area contributed by atoms with E-state index in [9.17, 15) is 4.79 Å². The highest BCUT2D eigenvalue weighted by molar-refractivity contribution is 14.1. The van der Waals surface area contributed by atoms with Crippen LogP contribution in [0.4, 0.5) is 5.69 Å². The van der Waals surface area contributed by atoms with Gasteiger partial charge in [-0.15, -0.1) is 0 Å². The smallest absolute Gasteiger partial charge is 0.256 e. The second-order valence-electron chi connectivity index (χ2n) is 4.21. The molecular formula is C15H12Br2INO. The molecule has 2 aromatic rings. The third kappa shape index (κ3) is 3.62. The number of amides is 1. The number of carbonyl (C=O) groups excluding carboxylic acids is 1. The van der Waals surface area contributed by atoms with E-state index in [1.165, 1.54) is 0 Å². The van der Waals surface area contributed by atoms with Gasteiger partial charge in [0.1, 0.15) is 0 Å². The molecule has 2 aromatic carbocycles. The minimum absolute atomic E-state index is 0.0997. The van der Waals surface area contributed by atoms with E-state index in [2.05, 4.69) is 66.7 Å². The Morgan fingerprint density at radius 1 is 1.25 bits per heavy atom. The minimum Gasteiger partial charge on any atom is -0.322 e. The lowest BCUT2D eigenvalue weighted by molar-refractivity contribution is 0.102. The molecule has 0 aliphatic rings. The van der Waals surface area contributed by atoms with Gasteiger partial charge in [0, 0.05) is 18.2 Å². The van der Waals surface area contributed by atoms with Crippen molar-refractivity contribution in [3.63, 3.8) is 0 Å². The number of nitrogens with one attached hydrogen (secondary N) is 1. The first-order valence-electron chi connectivity index (χ1n) is 6.06. The van der Waals surface area contributed by atoms with Crippen molar-refractivity contribution >= 4 is 66.0 Å². The maximum atomic E-state index is 12.4. The van der Waals surface area contributed by atoms with Gasteiger partial charge in [0.15, 0.2) is 0 Å². The molecule has 0 saturated heterocycles. The van der Waals surface area contributed by atoms with Crippen LogP contribution in [0.15, 0.2) is 45.3 Å². The molecule has 0 saturated carbocycles. The lowest BCUT2D eigenvalue weighted by Gasteiger charge is -2.11. The van der Waals surface area contributed by atoms with Crippen molar-refractivity contribution < 1.29 is 4.79 Å². The van der Waals surface area contributed by atoms with Crippen molar-refractivity contribution in [2.75, 3.05) is 5.32 Å². The number of benzene rings is 2. The van der Waals surface area contributed by atoms with Crippen LogP contribution >= 0.6 is 54.5 Å². The Labute approximate surface area is 148 Å². The van der Waals surface area contributed by atoms with E-state index in [0.717, 1.165) is 30.2 Å². The molecule has 104 valence electrons. The van der Waals surface area contributed by atoms with Gasteiger partial charge in [0.05, 0.1) is 5.56 Å². The summed E-state index contributed by atoms with van der Waals surface area (Å²) < 4.78 is 2.68. The second kappa shape index (κ2) is 7.04. The molecule has 0 unspecified atom stereocenters. The highest BCUT2D eigenvalue weighted by Gasteiger charge is 2.14. The molecule has 0 atom stereocenters. The molecule has 0 aliphatic carbocycles. The van der Waals surface area contributed by atoms with E-state index in [4.69, 9.17) is 0 Å². The standard InChI is InChI=1S/C15H12Br2INO/c1-2-9-5-3-4-6-13(9)19-15(20)11-7-10(16)8-12(17)14(11)18/h3-8H,2H2,1H3,(H,19,20). The number of aryl methyl sites for hydroxylation is 1. The summed E-state index contributed by atoms with van der Waals surface area (Å²) in [5, 5.41) is 2.99. The van der Waals surface area contributed by atoms with E-state index in [1.54, 1.807) is 0 Å². The monoisotopic (exact) mass is 507 g/mol. The predicted octanol–water partition coefficient (Wildman–Crippen LogP) is 5.63. The van der Waals surface area contributed by atoms with Crippen molar-refractivity contribution in [3.05, 3.63) is 60.0 Å². The largest absolute Gasteiger partial charge is 0.322 e. The fraction of sp³-hybridized carbons (Fsp3) is 0.133. The van der Waals surface area contributed by atoms with Crippen LogP contribution in [0.2, 0.25) is 0 Å². The number of hydrogen-bond acceptors (Lipinski definition) is 1. The molecule has 1 amide bonds. The van der Waals surface area contributed by atoms with Crippen molar-refractivity contribution in [2.24, 2.45) is 0 Å². The Morgan fingerprint density at radius 2 is 1.95 bits per heavy atom. The van der Waals surface area contributed by atoms with Crippen molar-refractivity contribution in [1.82, 2.24) is 0 Å². The Balaban J connectivity index is 2.33. The summed E-state index contributed by atoms with van der Waals surface area (Å²) in [4.78, 5) is 12.4. The Bertz CT molecular complexity index is 658. The first kappa shape index (κ1) is 16.0. The SMILES string of the molecule is CCc1ccccc1NC(=O)c1cc(Br)cc(Br)c1I. The molecule has 1 N–H and O–H groups in total. The molecule has 2 rings (SSSR count). The van der Waals surface area contributed by atoms with Crippen molar-refractivity contribution in [2.45, 2.75) is 13.3 Å². The molecule has 0 bridgehead atoms. The van der Waals surface area contributed by atoms with Crippen molar-refractivity contribution in [1.29, 1.82) is 0 Å². The molecule has 0 aliphatic heterocycles. The van der Waals surface area contributed by atoms with Crippen molar-refractivity contribution in [3.8, 4) is 0 Å².